The topological polar surface area (TPSA) is 140 Å². The van der Waals surface area contributed by atoms with Crippen molar-refractivity contribution in [2.75, 3.05) is 11.9 Å². The van der Waals surface area contributed by atoms with Crippen molar-refractivity contribution in [1.29, 1.82) is 0 Å². The van der Waals surface area contributed by atoms with Gasteiger partial charge in [0.15, 0.2) is 0 Å². The van der Waals surface area contributed by atoms with Crippen LogP contribution < -0.4 is 44.7 Å². The number of nitrogens with zero attached hydrogens (tertiary/aromatic N) is 2. The zero-order valence-corrected chi connectivity index (χ0v) is 25.4. The van der Waals surface area contributed by atoms with E-state index < -0.39 is 26.7 Å². The average molecular weight is 596 g/mol. The van der Waals surface area contributed by atoms with Crippen molar-refractivity contribution in [2.45, 2.75) is 18.7 Å². The minimum Gasteiger partial charge on any atom is -0.870 e. The number of rotatable bonds is 7. The quantitative estimate of drug-likeness (QED) is 0.189. The molecule has 0 aliphatic carbocycles. The van der Waals surface area contributed by atoms with Gasteiger partial charge in [0.1, 0.15) is 22.0 Å². The van der Waals surface area contributed by atoms with Crippen LogP contribution in [0.15, 0.2) is 75.8 Å². The number of nitrogens with one attached hydrogen (secondary N) is 1. The van der Waals surface area contributed by atoms with E-state index in [1.54, 1.807) is 56.3 Å². The van der Waals surface area contributed by atoms with E-state index in [-0.39, 0.29) is 62.2 Å². The number of benzene rings is 4. The van der Waals surface area contributed by atoms with Crippen LogP contribution in [0.1, 0.15) is 22.8 Å². The zero-order valence-electron chi connectivity index (χ0n) is 21.0. The molecular weight excluding hydrogens is 576 g/mol. The van der Waals surface area contributed by atoms with E-state index >= 15 is 0 Å². The fourth-order valence-corrected chi connectivity index (χ4v) is 5.19. The second-order valence-corrected chi connectivity index (χ2v) is 10.2. The molecule has 0 heterocycles. The molecular formula is C26H20Cl2N3NaO6S. The monoisotopic (exact) mass is 595 g/mol. The van der Waals surface area contributed by atoms with Crippen LogP contribution in [0.5, 0.6) is 11.5 Å². The third kappa shape index (κ3) is 6.55. The van der Waals surface area contributed by atoms with Gasteiger partial charge in [-0.15, -0.1) is 5.11 Å². The van der Waals surface area contributed by atoms with E-state index in [0.717, 1.165) is 0 Å². The molecule has 0 bridgehead atoms. The molecule has 196 valence electrons. The normalized spacial score (nSPS) is 11.4. The Morgan fingerprint density at radius 1 is 1.03 bits per heavy atom. The number of amides is 1. The van der Waals surface area contributed by atoms with Crippen molar-refractivity contribution in [3.8, 4) is 11.5 Å². The summed E-state index contributed by atoms with van der Waals surface area (Å²) in [7, 11) is -4.77. The van der Waals surface area contributed by atoms with Crippen LogP contribution in [0.2, 0.25) is 10.0 Å². The molecule has 0 aromatic heterocycles. The Hall–Kier alpha value is -2.70. The molecule has 0 atom stereocenters. The number of para-hydroxylation sites is 1. The van der Waals surface area contributed by atoms with E-state index in [2.05, 4.69) is 15.5 Å². The molecule has 4 aromatic rings. The van der Waals surface area contributed by atoms with Gasteiger partial charge in [0.25, 0.3) is 16.0 Å². The molecule has 0 saturated carbocycles. The maximum absolute atomic E-state index is 13.5. The number of hydrogen-bond donors (Lipinski definition) is 2. The first-order chi connectivity index (χ1) is 18.0. The second-order valence-electron chi connectivity index (χ2n) is 8.04. The van der Waals surface area contributed by atoms with Gasteiger partial charge in [-0.3, -0.25) is 9.35 Å². The molecule has 0 aliphatic heterocycles. The summed E-state index contributed by atoms with van der Waals surface area (Å²) >= 11 is 12.3. The van der Waals surface area contributed by atoms with Gasteiger partial charge in [0.05, 0.1) is 22.3 Å². The molecule has 0 spiro atoms. The predicted octanol–water partition coefficient (Wildman–Crippen LogP) is 3.85. The van der Waals surface area contributed by atoms with Crippen molar-refractivity contribution < 1.29 is 57.2 Å². The van der Waals surface area contributed by atoms with Gasteiger partial charge in [-0.2, -0.15) is 13.5 Å². The van der Waals surface area contributed by atoms with Crippen LogP contribution in [0.25, 0.3) is 10.8 Å². The van der Waals surface area contributed by atoms with Crippen LogP contribution in [0.4, 0.5) is 17.1 Å². The first kappa shape index (κ1) is 30.8. The number of aryl methyl sites for hydroxylation is 1. The Bertz CT molecular complexity index is 1710. The second kappa shape index (κ2) is 12.6. The van der Waals surface area contributed by atoms with Gasteiger partial charge in [-0.25, -0.2) is 0 Å². The van der Waals surface area contributed by atoms with Crippen LogP contribution in [-0.2, 0) is 10.1 Å². The van der Waals surface area contributed by atoms with E-state index in [4.69, 9.17) is 27.9 Å². The molecule has 0 aliphatic rings. The number of ether oxygens (including phenoxy) is 1. The molecule has 0 radical (unpaired) electrons. The Morgan fingerprint density at radius 2 is 1.72 bits per heavy atom. The average Bonchev–Trinajstić information content (AvgIpc) is 2.86. The van der Waals surface area contributed by atoms with Crippen molar-refractivity contribution in [3.63, 3.8) is 0 Å². The summed E-state index contributed by atoms with van der Waals surface area (Å²) in [6.07, 6.45) is 0. The molecule has 4 aromatic carbocycles. The van der Waals surface area contributed by atoms with Gasteiger partial charge < -0.3 is 15.2 Å². The predicted molar refractivity (Wildman–Crippen MR) is 144 cm³/mol. The Balaban J connectivity index is 0.00000420. The zero-order chi connectivity index (χ0) is 27.6. The van der Waals surface area contributed by atoms with Gasteiger partial charge in [0.2, 0.25) is 0 Å². The maximum Gasteiger partial charge on any atom is 1.00 e. The van der Waals surface area contributed by atoms with Crippen molar-refractivity contribution in [1.82, 2.24) is 0 Å². The number of carbonyl (C=O) groups is 1. The van der Waals surface area contributed by atoms with Gasteiger partial charge >= 0.3 is 29.6 Å². The summed E-state index contributed by atoms with van der Waals surface area (Å²) in [4.78, 5) is 12.6. The minimum absolute atomic E-state index is 0. The summed E-state index contributed by atoms with van der Waals surface area (Å²) in [6, 6.07) is 15.7. The van der Waals surface area contributed by atoms with Gasteiger partial charge in [-0.1, -0.05) is 65.3 Å². The molecule has 0 unspecified atom stereocenters. The number of hydrogen-bond acceptors (Lipinski definition) is 7. The number of azo groups is 1. The fraction of sp³-hybridized carbons (Fsp3) is 0.115. The van der Waals surface area contributed by atoms with E-state index in [9.17, 15) is 22.9 Å². The van der Waals surface area contributed by atoms with Crippen molar-refractivity contribution in [2.24, 2.45) is 10.2 Å². The van der Waals surface area contributed by atoms with Crippen molar-refractivity contribution in [3.05, 3.63) is 81.8 Å². The fourth-order valence-electron chi connectivity index (χ4n) is 3.77. The smallest absolute Gasteiger partial charge is 0.870 e. The number of fused-ring (bicyclic) bond motifs is 1. The summed E-state index contributed by atoms with van der Waals surface area (Å²) in [5, 5.41) is 25.0. The molecule has 4 rings (SSSR count). The summed E-state index contributed by atoms with van der Waals surface area (Å²) in [6.45, 7) is 3.64. The van der Waals surface area contributed by atoms with Crippen LogP contribution in [-0.4, -0.2) is 25.5 Å². The molecule has 0 fully saturated rings. The molecule has 2 N–H and O–H groups in total. The summed E-state index contributed by atoms with van der Waals surface area (Å²) in [5.74, 6) is -1.19. The largest absolute Gasteiger partial charge is 1.00 e. The number of halogens is 2. The van der Waals surface area contributed by atoms with Crippen LogP contribution in [0, 0.1) is 6.92 Å². The molecule has 13 heteroatoms. The SMILES string of the molecule is CCOc1cccc(Cl)c1NC(=O)c1cc2ccccc2c(N=Nc2c(C)ccc(Cl)c2S(=O)(=O)O)c1[O-].[Na+]. The maximum atomic E-state index is 13.5. The third-order valence-corrected chi connectivity index (χ3v) is 7.20. The molecule has 1 amide bonds. The van der Waals surface area contributed by atoms with Gasteiger partial charge in [-0.05, 0) is 49.1 Å². The molecule has 0 saturated heterocycles. The first-order valence-electron chi connectivity index (χ1n) is 11.2. The van der Waals surface area contributed by atoms with Gasteiger partial charge in [0, 0.05) is 10.9 Å². The minimum atomic E-state index is -4.77. The molecule has 9 nitrogen and oxygen atoms in total. The number of anilines is 1. The Kier molecular flexibility index (Phi) is 10.0. The third-order valence-electron chi connectivity index (χ3n) is 5.53. The van der Waals surface area contributed by atoms with Crippen LogP contribution >= 0.6 is 23.2 Å². The van der Waals surface area contributed by atoms with Crippen LogP contribution in [0.3, 0.4) is 0 Å². The summed E-state index contributed by atoms with van der Waals surface area (Å²) in [5.41, 5.74) is -0.172. The van der Waals surface area contributed by atoms with E-state index in [1.165, 1.54) is 18.2 Å². The Labute approximate surface area is 256 Å². The standard InChI is InChI=1S/C26H21Cl2N3O6S.Na/c1-3-37-20-10-6-9-18(27)23(20)29-26(33)17-13-15-7-4-5-8-16(15)22(24(17)32)31-30-21-14(2)11-12-19(28)25(21)38(34,35)36;/h4-13,32H,3H2,1-2H3,(H,29,33)(H,34,35,36);/q;+1/p-1. The van der Waals surface area contributed by atoms with E-state index in [0.29, 0.717) is 28.7 Å². The Morgan fingerprint density at radius 3 is 2.41 bits per heavy atom. The van der Waals surface area contributed by atoms with E-state index in [1.807, 2.05) is 0 Å². The molecule has 39 heavy (non-hydrogen) atoms. The number of carbonyl (C=O) groups excluding carboxylic acids is 1. The summed E-state index contributed by atoms with van der Waals surface area (Å²) < 4.78 is 39.2. The van der Waals surface area contributed by atoms with Crippen molar-refractivity contribution >= 4 is 67.1 Å². The first-order valence-corrected chi connectivity index (χ1v) is 13.4.